The molecule has 2 heterocycles. The van der Waals surface area contributed by atoms with Gasteiger partial charge in [0.2, 0.25) is 15.9 Å². The molecule has 4 rings (SSSR count). The fourth-order valence-electron chi connectivity index (χ4n) is 3.59. The fourth-order valence-corrected chi connectivity index (χ4v) is 4.83. The summed E-state index contributed by atoms with van der Waals surface area (Å²) in [5, 5.41) is 2.71. The Morgan fingerprint density at radius 3 is 2.53 bits per heavy atom. The monoisotopic (exact) mass is 453 g/mol. The van der Waals surface area contributed by atoms with Crippen LogP contribution in [-0.4, -0.2) is 26.8 Å². The lowest BCUT2D eigenvalue weighted by molar-refractivity contribution is -0.117. The largest absolute Gasteiger partial charge is 0.459 e. The van der Waals surface area contributed by atoms with Gasteiger partial charge in [-0.15, -0.1) is 0 Å². The van der Waals surface area contributed by atoms with Crippen LogP contribution in [0.5, 0.6) is 0 Å². The molecule has 0 aliphatic carbocycles. The molecule has 1 aromatic heterocycles. The number of carbonyl (C=O) groups is 2. The quantitative estimate of drug-likeness (QED) is 0.570. The molecule has 1 aliphatic heterocycles. The van der Waals surface area contributed by atoms with Gasteiger partial charge in [-0.2, -0.15) is 0 Å². The highest BCUT2D eigenvalue weighted by molar-refractivity contribution is 7.89. The number of rotatable bonds is 7. The molecule has 0 saturated carbocycles. The summed E-state index contributed by atoms with van der Waals surface area (Å²) < 4.78 is 33.3. The van der Waals surface area contributed by atoms with Crippen molar-refractivity contribution in [3.05, 3.63) is 77.7 Å². The van der Waals surface area contributed by atoms with E-state index in [0.717, 1.165) is 17.7 Å². The second kappa shape index (κ2) is 8.97. The summed E-state index contributed by atoms with van der Waals surface area (Å²) in [6.45, 7) is 2.47. The van der Waals surface area contributed by atoms with Crippen molar-refractivity contribution in [2.45, 2.75) is 31.2 Å². The van der Waals surface area contributed by atoms with Crippen LogP contribution in [0.15, 0.2) is 70.2 Å². The molecule has 0 unspecified atom stereocenters. The van der Waals surface area contributed by atoms with E-state index in [4.69, 9.17) is 4.42 Å². The minimum atomic E-state index is -3.74. The van der Waals surface area contributed by atoms with Crippen molar-refractivity contribution in [2.75, 3.05) is 16.8 Å². The molecule has 0 radical (unpaired) electrons. The molecule has 1 aliphatic rings. The van der Waals surface area contributed by atoms with Gasteiger partial charge in [-0.1, -0.05) is 12.1 Å². The third kappa shape index (κ3) is 4.74. The Kier molecular flexibility index (Phi) is 6.11. The molecule has 2 N–H and O–H groups in total. The van der Waals surface area contributed by atoms with Gasteiger partial charge in [0.05, 0.1) is 11.2 Å². The lowest BCUT2D eigenvalue weighted by Gasteiger charge is -2.18. The zero-order valence-electron chi connectivity index (χ0n) is 17.5. The molecule has 166 valence electrons. The van der Waals surface area contributed by atoms with Crippen molar-refractivity contribution in [1.29, 1.82) is 0 Å². The smallest absolute Gasteiger partial charge is 0.291 e. The first kappa shape index (κ1) is 21.8. The second-order valence-corrected chi connectivity index (χ2v) is 9.29. The average Bonchev–Trinajstić information content (AvgIpc) is 3.45. The SMILES string of the molecule is Cc1cc(N2CCCC2=O)ccc1S(=O)(=O)NCc1ccc(NC(=O)c2ccco2)cc1. The van der Waals surface area contributed by atoms with Gasteiger partial charge in [0.25, 0.3) is 5.91 Å². The molecule has 0 atom stereocenters. The molecule has 32 heavy (non-hydrogen) atoms. The zero-order valence-corrected chi connectivity index (χ0v) is 18.3. The first-order valence-electron chi connectivity index (χ1n) is 10.2. The number of amides is 2. The molecule has 2 aromatic carbocycles. The van der Waals surface area contributed by atoms with E-state index in [1.165, 1.54) is 12.3 Å². The van der Waals surface area contributed by atoms with E-state index < -0.39 is 10.0 Å². The van der Waals surface area contributed by atoms with Gasteiger partial charge in [-0.3, -0.25) is 9.59 Å². The average molecular weight is 454 g/mol. The van der Waals surface area contributed by atoms with Gasteiger partial charge >= 0.3 is 0 Å². The normalized spacial score (nSPS) is 14.0. The van der Waals surface area contributed by atoms with Gasteiger partial charge in [-0.05, 0) is 66.9 Å². The van der Waals surface area contributed by atoms with Gasteiger partial charge in [0.15, 0.2) is 5.76 Å². The lowest BCUT2D eigenvalue weighted by atomic mass is 10.2. The Balaban J connectivity index is 1.39. The molecule has 1 saturated heterocycles. The third-order valence-electron chi connectivity index (χ3n) is 5.26. The van der Waals surface area contributed by atoms with Crippen LogP contribution in [0, 0.1) is 6.92 Å². The first-order valence-corrected chi connectivity index (χ1v) is 11.7. The number of nitrogens with zero attached hydrogens (tertiary/aromatic N) is 1. The van der Waals surface area contributed by atoms with Gasteiger partial charge in [0.1, 0.15) is 0 Å². The highest BCUT2D eigenvalue weighted by atomic mass is 32.2. The van der Waals surface area contributed by atoms with Crippen LogP contribution in [-0.2, 0) is 21.4 Å². The van der Waals surface area contributed by atoms with Crippen LogP contribution in [0.1, 0.15) is 34.5 Å². The van der Waals surface area contributed by atoms with Gasteiger partial charge < -0.3 is 14.6 Å². The van der Waals surface area contributed by atoms with Crippen molar-refractivity contribution in [2.24, 2.45) is 0 Å². The molecule has 9 heteroatoms. The Morgan fingerprint density at radius 1 is 1.12 bits per heavy atom. The highest BCUT2D eigenvalue weighted by Crippen LogP contribution is 2.26. The van der Waals surface area contributed by atoms with E-state index >= 15 is 0 Å². The summed E-state index contributed by atoms with van der Waals surface area (Å²) in [5.74, 6) is -0.0998. The van der Waals surface area contributed by atoms with E-state index in [2.05, 4.69) is 10.0 Å². The molecule has 2 amide bonds. The third-order valence-corrected chi connectivity index (χ3v) is 6.82. The summed E-state index contributed by atoms with van der Waals surface area (Å²) in [5.41, 5.74) is 2.60. The van der Waals surface area contributed by atoms with E-state index in [1.807, 2.05) is 0 Å². The topological polar surface area (TPSA) is 109 Å². The Hall–Kier alpha value is -3.43. The van der Waals surface area contributed by atoms with Crippen molar-refractivity contribution >= 4 is 33.2 Å². The van der Waals surface area contributed by atoms with Gasteiger partial charge in [-0.25, -0.2) is 13.1 Å². The zero-order chi connectivity index (χ0) is 22.7. The summed E-state index contributed by atoms with van der Waals surface area (Å²) >= 11 is 0. The fraction of sp³-hybridized carbons (Fsp3) is 0.217. The van der Waals surface area contributed by atoms with E-state index in [0.29, 0.717) is 24.2 Å². The van der Waals surface area contributed by atoms with E-state index in [1.54, 1.807) is 60.4 Å². The minimum absolute atomic E-state index is 0.0573. The maximum Gasteiger partial charge on any atom is 0.291 e. The Labute approximate surface area is 186 Å². The Bertz CT molecular complexity index is 1240. The standard InChI is InChI=1S/C23H23N3O5S/c1-16-14-19(26-12-2-5-22(26)27)10-11-21(16)32(29,30)24-15-17-6-8-18(9-7-17)25-23(28)20-4-3-13-31-20/h3-4,6-11,13-14,24H,2,5,12,15H2,1H3,(H,25,28). The predicted octanol–water partition coefficient (Wildman–Crippen LogP) is 3.45. The highest BCUT2D eigenvalue weighted by Gasteiger charge is 2.23. The van der Waals surface area contributed by atoms with E-state index in [9.17, 15) is 18.0 Å². The molecular formula is C23H23N3O5S. The summed E-state index contributed by atoms with van der Waals surface area (Å²) in [4.78, 5) is 25.8. The number of aryl methyl sites for hydroxylation is 1. The number of anilines is 2. The lowest BCUT2D eigenvalue weighted by Crippen LogP contribution is -2.26. The maximum atomic E-state index is 12.8. The molecule has 8 nitrogen and oxygen atoms in total. The molecule has 0 bridgehead atoms. The summed E-state index contributed by atoms with van der Waals surface area (Å²) in [6.07, 6.45) is 2.75. The van der Waals surface area contributed by atoms with Crippen LogP contribution in [0.25, 0.3) is 0 Å². The van der Waals surface area contributed by atoms with Crippen molar-refractivity contribution < 1.29 is 22.4 Å². The van der Waals surface area contributed by atoms with Crippen molar-refractivity contribution in [1.82, 2.24) is 4.72 Å². The maximum absolute atomic E-state index is 12.8. The van der Waals surface area contributed by atoms with Crippen LogP contribution in [0.3, 0.4) is 0 Å². The molecule has 0 spiro atoms. The van der Waals surface area contributed by atoms with Gasteiger partial charge in [0, 0.05) is 30.9 Å². The molecule has 3 aromatic rings. The molecule has 1 fully saturated rings. The Morgan fingerprint density at radius 2 is 1.91 bits per heavy atom. The molecular weight excluding hydrogens is 430 g/mol. The summed E-state index contributed by atoms with van der Waals surface area (Å²) in [6, 6.07) is 15.0. The van der Waals surface area contributed by atoms with Crippen LogP contribution < -0.4 is 14.9 Å². The first-order chi connectivity index (χ1) is 15.3. The number of carbonyl (C=O) groups excluding carboxylic acids is 2. The number of nitrogens with one attached hydrogen (secondary N) is 2. The minimum Gasteiger partial charge on any atom is -0.459 e. The van der Waals surface area contributed by atoms with Crippen LogP contribution in [0.2, 0.25) is 0 Å². The number of hydrogen-bond donors (Lipinski definition) is 2. The van der Waals surface area contributed by atoms with Crippen LogP contribution in [0.4, 0.5) is 11.4 Å². The number of hydrogen-bond acceptors (Lipinski definition) is 5. The van der Waals surface area contributed by atoms with E-state index in [-0.39, 0.29) is 29.0 Å². The number of furan rings is 1. The summed E-state index contributed by atoms with van der Waals surface area (Å²) in [7, 11) is -3.74. The van der Waals surface area contributed by atoms with Crippen molar-refractivity contribution in [3.63, 3.8) is 0 Å². The van der Waals surface area contributed by atoms with Crippen LogP contribution >= 0.6 is 0 Å². The number of sulfonamides is 1. The second-order valence-electron chi connectivity index (χ2n) is 7.55. The predicted molar refractivity (Wildman–Crippen MR) is 120 cm³/mol. The number of benzene rings is 2. The van der Waals surface area contributed by atoms with Crippen molar-refractivity contribution in [3.8, 4) is 0 Å².